The fourth-order valence-corrected chi connectivity index (χ4v) is 1.55. The second kappa shape index (κ2) is 5.94. The van der Waals surface area contributed by atoms with Crippen molar-refractivity contribution in [2.75, 3.05) is 0 Å². The molecule has 1 aromatic heterocycles. The number of nitriles is 1. The molecule has 0 spiro atoms. The molecular weight excluding hydrogens is 247 g/mol. The quantitative estimate of drug-likeness (QED) is 0.912. The summed E-state index contributed by atoms with van der Waals surface area (Å²) >= 11 is 0. The van der Waals surface area contributed by atoms with Crippen LogP contribution in [0.25, 0.3) is 0 Å². The van der Waals surface area contributed by atoms with Crippen LogP contribution in [0.1, 0.15) is 16.8 Å². The highest BCUT2D eigenvalue weighted by Crippen LogP contribution is 2.14. The first-order chi connectivity index (χ1) is 9.21. The Bertz CT molecular complexity index is 606. The summed E-state index contributed by atoms with van der Waals surface area (Å²) in [7, 11) is 0. The van der Waals surface area contributed by atoms with Crippen LogP contribution in [-0.4, -0.2) is 10.1 Å². The molecule has 0 amide bonds. The third-order valence-corrected chi connectivity index (χ3v) is 2.45. The Morgan fingerprint density at radius 2 is 2.16 bits per heavy atom. The molecule has 0 bridgehead atoms. The lowest BCUT2D eigenvalue weighted by Gasteiger charge is -2.07. The largest absolute Gasteiger partial charge is 0.487 e. The predicted octanol–water partition coefficient (Wildman–Crippen LogP) is 2.16. The molecule has 0 fully saturated rings. The molecule has 0 saturated heterocycles. The molecular formula is C14H11FN2O2. The summed E-state index contributed by atoms with van der Waals surface area (Å²) in [4.78, 5) is 3.96. The monoisotopic (exact) mass is 258 g/mol. The molecule has 1 N–H and O–H groups in total. The van der Waals surface area contributed by atoms with E-state index in [2.05, 4.69) is 4.98 Å². The maximum absolute atomic E-state index is 13.2. The summed E-state index contributed by atoms with van der Waals surface area (Å²) in [5, 5.41) is 17.6. The Labute approximate surface area is 109 Å². The Kier molecular flexibility index (Phi) is 4.06. The lowest BCUT2D eigenvalue weighted by atomic mass is 10.1. The summed E-state index contributed by atoms with van der Waals surface area (Å²) in [6, 6.07) is 9.25. The minimum atomic E-state index is -0.466. The van der Waals surface area contributed by atoms with Gasteiger partial charge in [0.1, 0.15) is 18.2 Å². The first-order valence-electron chi connectivity index (χ1n) is 5.59. The van der Waals surface area contributed by atoms with Gasteiger partial charge in [0.25, 0.3) is 0 Å². The molecule has 2 rings (SSSR count). The highest BCUT2D eigenvalue weighted by molar-refractivity contribution is 5.33. The van der Waals surface area contributed by atoms with Gasteiger partial charge in [-0.25, -0.2) is 4.39 Å². The molecule has 1 aromatic carbocycles. The number of hydrogen-bond donors (Lipinski definition) is 1. The van der Waals surface area contributed by atoms with E-state index in [1.54, 1.807) is 18.2 Å². The average molecular weight is 258 g/mol. The third kappa shape index (κ3) is 3.50. The Morgan fingerprint density at radius 3 is 2.79 bits per heavy atom. The van der Waals surface area contributed by atoms with Crippen LogP contribution < -0.4 is 4.74 Å². The molecule has 19 heavy (non-hydrogen) atoms. The molecule has 0 radical (unpaired) electrons. The normalized spacial score (nSPS) is 9.95. The van der Waals surface area contributed by atoms with E-state index in [1.165, 1.54) is 18.3 Å². The fourth-order valence-electron chi connectivity index (χ4n) is 1.55. The van der Waals surface area contributed by atoms with Crippen molar-refractivity contribution in [3.05, 3.63) is 59.2 Å². The summed E-state index contributed by atoms with van der Waals surface area (Å²) in [5.41, 5.74) is 1.38. The van der Waals surface area contributed by atoms with Gasteiger partial charge in [-0.05, 0) is 35.9 Å². The van der Waals surface area contributed by atoms with Crippen LogP contribution in [0.5, 0.6) is 5.75 Å². The topological polar surface area (TPSA) is 66.1 Å². The SMILES string of the molecule is N#Cc1cc(F)cc(COc2ccc(CO)nc2)c1. The van der Waals surface area contributed by atoms with E-state index in [1.807, 2.05) is 6.07 Å². The van der Waals surface area contributed by atoms with Gasteiger partial charge in [0.15, 0.2) is 0 Å². The van der Waals surface area contributed by atoms with Crippen molar-refractivity contribution in [3.63, 3.8) is 0 Å². The van der Waals surface area contributed by atoms with Gasteiger partial charge in [-0.3, -0.25) is 4.98 Å². The highest BCUT2D eigenvalue weighted by Gasteiger charge is 2.02. The fraction of sp³-hybridized carbons (Fsp3) is 0.143. The maximum atomic E-state index is 13.2. The van der Waals surface area contributed by atoms with Crippen molar-refractivity contribution in [1.29, 1.82) is 5.26 Å². The van der Waals surface area contributed by atoms with Gasteiger partial charge in [-0.15, -0.1) is 0 Å². The van der Waals surface area contributed by atoms with E-state index >= 15 is 0 Å². The second-order valence-electron chi connectivity index (χ2n) is 3.89. The van der Waals surface area contributed by atoms with Gasteiger partial charge < -0.3 is 9.84 Å². The molecule has 0 aliphatic carbocycles. The number of halogens is 1. The molecule has 0 saturated carbocycles. The van der Waals surface area contributed by atoms with Gasteiger partial charge >= 0.3 is 0 Å². The highest BCUT2D eigenvalue weighted by atomic mass is 19.1. The van der Waals surface area contributed by atoms with Crippen LogP contribution >= 0.6 is 0 Å². The molecule has 2 aromatic rings. The number of pyridine rings is 1. The molecule has 1 heterocycles. The molecule has 4 nitrogen and oxygen atoms in total. The molecule has 5 heteroatoms. The first kappa shape index (κ1) is 13.0. The Morgan fingerprint density at radius 1 is 1.32 bits per heavy atom. The molecule has 0 atom stereocenters. The third-order valence-electron chi connectivity index (χ3n) is 2.45. The molecule has 0 unspecified atom stereocenters. The van der Waals surface area contributed by atoms with Crippen molar-refractivity contribution in [3.8, 4) is 11.8 Å². The molecule has 0 aliphatic heterocycles. The molecule has 96 valence electrons. The molecule has 0 aliphatic rings. The standard InChI is InChI=1S/C14H11FN2O2/c15-12-4-10(6-16)3-11(5-12)9-19-14-2-1-13(8-18)17-7-14/h1-5,7,18H,8-9H2. The summed E-state index contributed by atoms with van der Waals surface area (Å²) in [5.74, 6) is 0.0476. The first-order valence-corrected chi connectivity index (χ1v) is 5.59. The van der Waals surface area contributed by atoms with Gasteiger partial charge in [0, 0.05) is 0 Å². The zero-order valence-corrected chi connectivity index (χ0v) is 10.0. The van der Waals surface area contributed by atoms with Crippen molar-refractivity contribution in [1.82, 2.24) is 4.98 Å². The van der Waals surface area contributed by atoms with Crippen LogP contribution in [0, 0.1) is 17.1 Å². The number of rotatable bonds is 4. The van der Waals surface area contributed by atoms with Gasteiger partial charge in [0.05, 0.1) is 30.1 Å². The van der Waals surface area contributed by atoms with Crippen molar-refractivity contribution in [2.45, 2.75) is 13.2 Å². The average Bonchev–Trinajstić information content (AvgIpc) is 2.45. The number of aliphatic hydroxyl groups excluding tert-OH is 1. The number of benzene rings is 1. The predicted molar refractivity (Wildman–Crippen MR) is 65.6 cm³/mol. The zero-order chi connectivity index (χ0) is 13.7. The summed E-state index contributed by atoms with van der Waals surface area (Å²) < 4.78 is 18.6. The number of ether oxygens (including phenoxy) is 1. The van der Waals surface area contributed by atoms with Crippen LogP contribution in [0.15, 0.2) is 36.5 Å². The lowest BCUT2D eigenvalue weighted by Crippen LogP contribution is -1.98. The minimum absolute atomic E-state index is 0.129. The Hall–Kier alpha value is -2.45. The Balaban J connectivity index is 2.05. The summed E-state index contributed by atoms with van der Waals surface area (Å²) in [6.07, 6.45) is 1.48. The van der Waals surface area contributed by atoms with E-state index in [9.17, 15) is 4.39 Å². The minimum Gasteiger partial charge on any atom is -0.487 e. The number of aromatic nitrogens is 1. The van der Waals surface area contributed by atoms with E-state index in [-0.39, 0.29) is 18.8 Å². The van der Waals surface area contributed by atoms with E-state index in [0.29, 0.717) is 17.0 Å². The van der Waals surface area contributed by atoms with Gasteiger partial charge in [0.2, 0.25) is 0 Å². The van der Waals surface area contributed by atoms with Gasteiger partial charge in [-0.2, -0.15) is 5.26 Å². The van der Waals surface area contributed by atoms with Crippen LogP contribution in [-0.2, 0) is 13.2 Å². The maximum Gasteiger partial charge on any atom is 0.138 e. The van der Waals surface area contributed by atoms with Crippen LogP contribution in [0.2, 0.25) is 0 Å². The van der Waals surface area contributed by atoms with Crippen LogP contribution in [0.3, 0.4) is 0 Å². The van der Waals surface area contributed by atoms with Gasteiger partial charge in [-0.1, -0.05) is 0 Å². The van der Waals surface area contributed by atoms with Crippen molar-refractivity contribution >= 4 is 0 Å². The van der Waals surface area contributed by atoms with Crippen molar-refractivity contribution < 1.29 is 14.2 Å². The van der Waals surface area contributed by atoms with Crippen LogP contribution in [0.4, 0.5) is 4.39 Å². The number of aliphatic hydroxyl groups is 1. The lowest BCUT2D eigenvalue weighted by molar-refractivity contribution is 0.275. The van der Waals surface area contributed by atoms with Crippen molar-refractivity contribution in [2.24, 2.45) is 0 Å². The second-order valence-corrected chi connectivity index (χ2v) is 3.89. The zero-order valence-electron chi connectivity index (χ0n) is 10.0. The van der Waals surface area contributed by atoms with E-state index in [4.69, 9.17) is 15.1 Å². The number of hydrogen-bond acceptors (Lipinski definition) is 4. The van der Waals surface area contributed by atoms with E-state index in [0.717, 1.165) is 0 Å². The van der Waals surface area contributed by atoms with E-state index < -0.39 is 5.82 Å². The number of nitrogens with zero attached hydrogens (tertiary/aromatic N) is 2. The smallest absolute Gasteiger partial charge is 0.138 e. The summed E-state index contributed by atoms with van der Waals surface area (Å²) in [6.45, 7) is 0.0162.